The van der Waals surface area contributed by atoms with Crippen molar-refractivity contribution in [2.24, 2.45) is 0 Å². The molecule has 8 heteroatoms. The summed E-state index contributed by atoms with van der Waals surface area (Å²) in [6.07, 6.45) is 0. The van der Waals surface area contributed by atoms with Crippen molar-refractivity contribution in [3.05, 3.63) is 65.2 Å². The van der Waals surface area contributed by atoms with E-state index in [0.717, 1.165) is 9.60 Å². The van der Waals surface area contributed by atoms with E-state index in [2.05, 4.69) is 5.32 Å². The normalized spacial score (nSPS) is 13.0. The molecule has 0 radical (unpaired) electrons. The molecule has 7 nitrogen and oxygen atoms in total. The molecule has 0 aliphatic carbocycles. The minimum atomic E-state index is -0.578. The second kappa shape index (κ2) is 6.90. The number of anilines is 1. The van der Waals surface area contributed by atoms with Crippen molar-refractivity contribution in [3.8, 4) is 0 Å². The van der Waals surface area contributed by atoms with Crippen molar-refractivity contribution in [2.75, 3.05) is 19.0 Å². The van der Waals surface area contributed by atoms with Crippen LogP contribution in [0.4, 0.5) is 5.00 Å². The molecule has 0 bridgehead atoms. The highest BCUT2D eigenvalue weighted by Gasteiger charge is 2.36. The van der Waals surface area contributed by atoms with E-state index in [0.29, 0.717) is 10.4 Å². The molecular weight excluding hydrogens is 380 g/mol. The molecule has 2 aromatic carbocycles. The van der Waals surface area contributed by atoms with Crippen LogP contribution in [0.5, 0.6) is 0 Å². The monoisotopic (exact) mass is 394 g/mol. The Balaban J connectivity index is 1.59. The van der Waals surface area contributed by atoms with E-state index in [1.165, 1.54) is 18.4 Å². The molecule has 1 N–H and O–H groups in total. The van der Waals surface area contributed by atoms with Gasteiger partial charge in [-0.1, -0.05) is 30.3 Å². The highest BCUT2D eigenvalue weighted by atomic mass is 32.1. The van der Waals surface area contributed by atoms with Crippen molar-refractivity contribution < 1.29 is 23.9 Å². The maximum atomic E-state index is 12.5. The van der Waals surface area contributed by atoms with Gasteiger partial charge in [0, 0.05) is 10.1 Å². The Morgan fingerprint density at radius 1 is 1.00 bits per heavy atom. The molecule has 0 spiro atoms. The van der Waals surface area contributed by atoms with Crippen LogP contribution in [-0.2, 0) is 9.53 Å². The predicted octanol–water partition coefficient (Wildman–Crippen LogP) is 2.92. The zero-order chi connectivity index (χ0) is 19.8. The molecule has 3 amide bonds. The fraction of sp³-hybridized carbons (Fsp3) is 0.100. The molecule has 2 heterocycles. The van der Waals surface area contributed by atoms with Crippen LogP contribution in [0.1, 0.15) is 31.1 Å². The van der Waals surface area contributed by atoms with Gasteiger partial charge in [0.15, 0.2) is 0 Å². The number of hydrogen-bond donors (Lipinski definition) is 1. The molecule has 140 valence electrons. The number of carbonyl (C=O) groups excluding carboxylic acids is 4. The van der Waals surface area contributed by atoms with Crippen molar-refractivity contribution in [1.29, 1.82) is 0 Å². The Morgan fingerprint density at radius 3 is 2.25 bits per heavy atom. The third-order valence-electron chi connectivity index (χ3n) is 4.42. The SMILES string of the molecule is COC(=O)c1c(NC(=O)CN2C(=O)c3ccccc3C2=O)sc2ccccc12. The largest absolute Gasteiger partial charge is 0.465 e. The summed E-state index contributed by atoms with van der Waals surface area (Å²) in [5, 5.41) is 3.62. The zero-order valence-corrected chi connectivity index (χ0v) is 15.5. The van der Waals surface area contributed by atoms with E-state index >= 15 is 0 Å². The molecule has 1 aliphatic heterocycles. The summed E-state index contributed by atoms with van der Waals surface area (Å²) in [5.41, 5.74) is 0.800. The van der Waals surface area contributed by atoms with E-state index in [4.69, 9.17) is 4.74 Å². The minimum Gasteiger partial charge on any atom is -0.465 e. The maximum Gasteiger partial charge on any atom is 0.341 e. The van der Waals surface area contributed by atoms with Gasteiger partial charge in [0.05, 0.1) is 18.2 Å². The van der Waals surface area contributed by atoms with Crippen LogP contribution in [0.25, 0.3) is 10.1 Å². The first-order valence-corrected chi connectivity index (χ1v) is 9.18. The van der Waals surface area contributed by atoms with Crippen LogP contribution in [0.15, 0.2) is 48.5 Å². The standard InChI is InChI=1S/C20H14N2O5S/c1-27-20(26)16-13-8-4-5-9-14(13)28-17(16)21-15(23)10-22-18(24)11-6-2-3-7-12(11)19(22)25/h2-9H,10H2,1H3,(H,21,23). The lowest BCUT2D eigenvalue weighted by Crippen LogP contribution is -2.37. The van der Waals surface area contributed by atoms with Crippen LogP contribution < -0.4 is 5.32 Å². The van der Waals surface area contributed by atoms with Crippen molar-refractivity contribution in [3.63, 3.8) is 0 Å². The van der Waals surface area contributed by atoms with Gasteiger partial charge in [0.2, 0.25) is 5.91 Å². The fourth-order valence-electron chi connectivity index (χ4n) is 3.13. The second-order valence-corrected chi connectivity index (χ2v) is 7.14. The van der Waals surface area contributed by atoms with E-state index in [9.17, 15) is 19.2 Å². The lowest BCUT2D eigenvalue weighted by molar-refractivity contribution is -0.116. The van der Waals surface area contributed by atoms with Gasteiger partial charge < -0.3 is 10.1 Å². The molecule has 0 fully saturated rings. The summed E-state index contributed by atoms with van der Waals surface area (Å²) in [5.74, 6) is -2.18. The molecule has 0 atom stereocenters. The lowest BCUT2D eigenvalue weighted by atomic mass is 10.1. The van der Waals surface area contributed by atoms with Gasteiger partial charge in [-0.3, -0.25) is 19.3 Å². The first-order valence-electron chi connectivity index (χ1n) is 8.36. The number of ether oxygens (including phenoxy) is 1. The number of amides is 3. The average Bonchev–Trinajstić information content (AvgIpc) is 3.18. The topological polar surface area (TPSA) is 92.8 Å². The zero-order valence-electron chi connectivity index (χ0n) is 14.7. The number of methoxy groups -OCH3 is 1. The number of benzene rings is 2. The highest BCUT2D eigenvalue weighted by Crippen LogP contribution is 2.36. The molecule has 4 rings (SSSR count). The Bertz CT molecular complexity index is 1120. The number of nitrogens with one attached hydrogen (secondary N) is 1. The van der Waals surface area contributed by atoms with Crippen molar-refractivity contribution >= 4 is 50.1 Å². The van der Waals surface area contributed by atoms with Gasteiger partial charge >= 0.3 is 5.97 Å². The number of carbonyl (C=O) groups is 4. The van der Waals surface area contributed by atoms with Crippen LogP contribution in [0, 0.1) is 0 Å². The molecule has 0 saturated heterocycles. The van der Waals surface area contributed by atoms with Gasteiger partial charge in [-0.25, -0.2) is 4.79 Å². The molecule has 1 aromatic heterocycles. The first kappa shape index (κ1) is 17.9. The number of esters is 1. The Labute approximate surface area is 163 Å². The van der Waals surface area contributed by atoms with Gasteiger partial charge in [0.1, 0.15) is 17.1 Å². The molecule has 1 aliphatic rings. The lowest BCUT2D eigenvalue weighted by Gasteiger charge is -2.13. The van der Waals surface area contributed by atoms with Crippen molar-refractivity contribution in [2.45, 2.75) is 0 Å². The number of fused-ring (bicyclic) bond motifs is 2. The van der Waals surface area contributed by atoms with E-state index in [-0.39, 0.29) is 16.7 Å². The van der Waals surface area contributed by atoms with Gasteiger partial charge in [-0.15, -0.1) is 11.3 Å². The number of imide groups is 1. The summed E-state index contributed by atoms with van der Waals surface area (Å²) < 4.78 is 5.64. The van der Waals surface area contributed by atoms with Crippen LogP contribution in [0.3, 0.4) is 0 Å². The van der Waals surface area contributed by atoms with Gasteiger partial charge in [-0.05, 0) is 18.2 Å². The molecule has 3 aromatic rings. The highest BCUT2D eigenvalue weighted by molar-refractivity contribution is 7.23. The summed E-state index contributed by atoms with van der Waals surface area (Å²) >= 11 is 1.22. The Morgan fingerprint density at radius 2 is 1.61 bits per heavy atom. The smallest absolute Gasteiger partial charge is 0.341 e. The molecular formula is C20H14N2O5S. The first-order chi connectivity index (χ1) is 13.5. The van der Waals surface area contributed by atoms with Gasteiger partial charge in [0.25, 0.3) is 11.8 Å². The van der Waals surface area contributed by atoms with E-state index in [1.807, 2.05) is 12.1 Å². The third kappa shape index (κ3) is 2.84. The molecule has 28 heavy (non-hydrogen) atoms. The number of thiophene rings is 1. The van der Waals surface area contributed by atoms with Crippen LogP contribution in [0.2, 0.25) is 0 Å². The van der Waals surface area contributed by atoms with Crippen LogP contribution >= 0.6 is 11.3 Å². The van der Waals surface area contributed by atoms with E-state index < -0.39 is 30.2 Å². The summed E-state index contributed by atoms with van der Waals surface area (Å²) in [7, 11) is 1.26. The van der Waals surface area contributed by atoms with E-state index in [1.54, 1.807) is 36.4 Å². The quantitative estimate of drug-likeness (QED) is 0.543. The molecule has 0 unspecified atom stereocenters. The maximum absolute atomic E-state index is 12.5. The average molecular weight is 394 g/mol. The Hall–Kier alpha value is -3.52. The van der Waals surface area contributed by atoms with Gasteiger partial charge in [-0.2, -0.15) is 0 Å². The third-order valence-corrected chi connectivity index (χ3v) is 5.50. The van der Waals surface area contributed by atoms with Crippen LogP contribution in [-0.4, -0.2) is 42.2 Å². The minimum absolute atomic E-state index is 0.249. The molecule has 0 saturated carbocycles. The summed E-state index contributed by atoms with van der Waals surface area (Å²) in [6, 6.07) is 13.6. The number of hydrogen-bond acceptors (Lipinski definition) is 6. The summed E-state index contributed by atoms with van der Waals surface area (Å²) in [6.45, 7) is -0.443. The van der Waals surface area contributed by atoms with Crippen molar-refractivity contribution in [1.82, 2.24) is 4.90 Å². The fourth-order valence-corrected chi connectivity index (χ4v) is 4.24. The Kier molecular flexibility index (Phi) is 4.40. The number of nitrogens with zero attached hydrogens (tertiary/aromatic N) is 1. The number of rotatable bonds is 4. The summed E-state index contributed by atoms with van der Waals surface area (Å²) in [4.78, 5) is 50.5. The second-order valence-electron chi connectivity index (χ2n) is 6.08. The predicted molar refractivity (Wildman–Crippen MR) is 104 cm³/mol.